The first-order valence-electron chi connectivity index (χ1n) is 3.64. The normalized spacial score (nSPS) is 12.6. The van der Waals surface area contributed by atoms with Crippen molar-refractivity contribution in [3.63, 3.8) is 0 Å². The van der Waals surface area contributed by atoms with E-state index in [0.29, 0.717) is 5.92 Å². The van der Waals surface area contributed by atoms with Crippen LogP contribution in [0, 0.1) is 0 Å². The molecule has 0 saturated carbocycles. The van der Waals surface area contributed by atoms with E-state index in [9.17, 15) is 0 Å². The van der Waals surface area contributed by atoms with E-state index in [1.165, 1.54) is 0 Å². The molecule has 0 aromatic carbocycles. The molecule has 1 aromatic rings. The van der Waals surface area contributed by atoms with Crippen molar-refractivity contribution in [1.29, 1.82) is 0 Å². The van der Waals surface area contributed by atoms with E-state index >= 15 is 0 Å². The Balaban J connectivity index is 2.92. The standard InChI is InChI=1S/C8H11NS3/c1-5(2)6-4-12-8(9-6)7(11)3-10/h3-5,10-11H,1-2H3/b7-3-. The Kier molecular flexibility index (Phi) is 3.68. The van der Waals surface area contributed by atoms with E-state index in [4.69, 9.17) is 0 Å². The molecule has 0 N–H and O–H groups in total. The highest BCUT2D eigenvalue weighted by Crippen LogP contribution is 2.25. The molecule has 66 valence electrons. The van der Waals surface area contributed by atoms with Gasteiger partial charge < -0.3 is 0 Å². The summed E-state index contributed by atoms with van der Waals surface area (Å²) in [7, 11) is 0. The molecular weight excluding hydrogens is 206 g/mol. The van der Waals surface area contributed by atoms with Crippen LogP contribution in [0.1, 0.15) is 30.5 Å². The lowest BCUT2D eigenvalue weighted by molar-refractivity contribution is 0.832. The minimum absolute atomic E-state index is 0.482. The highest BCUT2D eigenvalue weighted by Gasteiger charge is 2.06. The van der Waals surface area contributed by atoms with Gasteiger partial charge in [0.1, 0.15) is 5.01 Å². The van der Waals surface area contributed by atoms with Crippen LogP contribution < -0.4 is 0 Å². The predicted octanol–water partition coefficient (Wildman–Crippen LogP) is 3.42. The van der Waals surface area contributed by atoms with Gasteiger partial charge in [-0.25, -0.2) is 4.98 Å². The summed E-state index contributed by atoms with van der Waals surface area (Å²) >= 11 is 9.86. The molecular formula is C8H11NS3. The maximum atomic E-state index is 4.41. The first-order chi connectivity index (χ1) is 5.65. The number of thiol groups is 2. The SMILES string of the molecule is CC(C)c1csc(/C(S)=C/S)n1. The lowest BCUT2D eigenvalue weighted by Gasteiger charge is -1.96. The van der Waals surface area contributed by atoms with Gasteiger partial charge in [0.05, 0.1) is 5.69 Å². The predicted molar refractivity (Wildman–Crippen MR) is 62.2 cm³/mol. The Labute approximate surface area is 87.7 Å². The largest absolute Gasteiger partial charge is 0.240 e. The lowest BCUT2D eigenvalue weighted by atomic mass is 10.2. The smallest absolute Gasteiger partial charge is 0.130 e. The van der Waals surface area contributed by atoms with Crippen molar-refractivity contribution in [2.75, 3.05) is 0 Å². The van der Waals surface area contributed by atoms with Crippen LogP contribution in [0.25, 0.3) is 4.91 Å². The molecule has 12 heavy (non-hydrogen) atoms. The second-order valence-corrected chi connectivity index (χ2v) is 4.34. The van der Waals surface area contributed by atoms with Crippen LogP contribution in [0.15, 0.2) is 10.8 Å². The molecule has 0 aliphatic heterocycles. The van der Waals surface area contributed by atoms with Crippen LogP contribution in [-0.4, -0.2) is 4.98 Å². The lowest BCUT2D eigenvalue weighted by Crippen LogP contribution is -1.86. The van der Waals surface area contributed by atoms with Crippen molar-refractivity contribution in [1.82, 2.24) is 4.98 Å². The Bertz CT molecular complexity index is 288. The van der Waals surface area contributed by atoms with E-state index in [0.717, 1.165) is 15.6 Å². The second-order valence-electron chi connectivity index (χ2n) is 2.75. The fourth-order valence-corrected chi connectivity index (χ4v) is 2.04. The average Bonchev–Trinajstić information content (AvgIpc) is 2.51. The molecule has 0 spiro atoms. The van der Waals surface area contributed by atoms with E-state index in [1.807, 2.05) is 0 Å². The van der Waals surface area contributed by atoms with Crippen molar-refractivity contribution < 1.29 is 0 Å². The molecule has 0 aliphatic carbocycles. The van der Waals surface area contributed by atoms with Crippen molar-refractivity contribution in [2.24, 2.45) is 0 Å². The number of nitrogens with zero attached hydrogens (tertiary/aromatic N) is 1. The van der Waals surface area contributed by atoms with Gasteiger partial charge in [0, 0.05) is 10.3 Å². The summed E-state index contributed by atoms with van der Waals surface area (Å²) in [5, 5.41) is 4.66. The van der Waals surface area contributed by atoms with Crippen LogP contribution in [0.2, 0.25) is 0 Å². The zero-order chi connectivity index (χ0) is 9.14. The average molecular weight is 217 g/mol. The fraction of sp³-hybridized carbons (Fsp3) is 0.375. The molecule has 1 nitrogen and oxygen atoms in total. The first kappa shape index (κ1) is 10.2. The first-order valence-corrected chi connectivity index (χ1v) is 5.48. The van der Waals surface area contributed by atoms with E-state index in [1.54, 1.807) is 16.7 Å². The van der Waals surface area contributed by atoms with Crippen molar-refractivity contribution in [3.8, 4) is 0 Å². The van der Waals surface area contributed by atoms with Gasteiger partial charge in [0.25, 0.3) is 0 Å². The summed E-state index contributed by atoms with van der Waals surface area (Å²) in [5.41, 5.74) is 1.12. The van der Waals surface area contributed by atoms with Crippen molar-refractivity contribution in [3.05, 3.63) is 21.5 Å². The van der Waals surface area contributed by atoms with Gasteiger partial charge in [-0.3, -0.25) is 0 Å². The van der Waals surface area contributed by atoms with E-state index in [2.05, 4.69) is 49.5 Å². The summed E-state index contributed by atoms with van der Waals surface area (Å²) in [5.74, 6) is 0.482. The Morgan fingerprint density at radius 1 is 1.67 bits per heavy atom. The summed E-state index contributed by atoms with van der Waals surface area (Å²) in [6.45, 7) is 4.25. The van der Waals surface area contributed by atoms with E-state index in [-0.39, 0.29) is 0 Å². The van der Waals surface area contributed by atoms with Crippen LogP contribution >= 0.6 is 36.6 Å². The summed E-state index contributed by atoms with van der Waals surface area (Å²) in [6, 6.07) is 0. The molecule has 0 unspecified atom stereocenters. The third-order valence-corrected chi connectivity index (χ3v) is 3.30. The summed E-state index contributed by atoms with van der Waals surface area (Å²) in [4.78, 5) is 5.23. The molecule has 0 bridgehead atoms. The number of aromatic nitrogens is 1. The number of rotatable bonds is 2. The molecule has 1 heterocycles. The number of thiazole rings is 1. The third-order valence-electron chi connectivity index (χ3n) is 1.45. The number of hydrogen-bond donors (Lipinski definition) is 2. The molecule has 1 aromatic heterocycles. The van der Waals surface area contributed by atoms with Crippen LogP contribution in [0.3, 0.4) is 0 Å². The molecule has 0 saturated heterocycles. The zero-order valence-corrected chi connectivity index (χ0v) is 9.59. The van der Waals surface area contributed by atoms with Gasteiger partial charge >= 0.3 is 0 Å². The van der Waals surface area contributed by atoms with Crippen LogP contribution in [0.4, 0.5) is 0 Å². The van der Waals surface area contributed by atoms with Crippen LogP contribution in [0.5, 0.6) is 0 Å². The van der Waals surface area contributed by atoms with Gasteiger partial charge in [-0.1, -0.05) is 13.8 Å². The highest BCUT2D eigenvalue weighted by molar-refractivity contribution is 7.93. The maximum absolute atomic E-state index is 4.41. The number of hydrogen-bond acceptors (Lipinski definition) is 4. The molecule has 0 amide bonds. The van der Waals surface area contributed by atoms with Crippen molar-refractivity contribution >= 4 is 41.5 Å². The molecule has 1 rings (SSSR count). The van der Waals surface area contributed by atoms with Crippen molar-refractivity contribution in [2.45, 2.75) is 19.8 Å². The molecule has 0 atom stereocenters. The third kappa shape index (κ3) is 2.28. The van der Waals surface area contributed by atoms with E-state index < -0.39 is 0 Å². The monoisotopic (exact) mass is 217 g/mol. The topological polar surface area (TPSA) is 12.9 Å². The quantitative estimate of drug-likeness (QED) is 0.724. The Hall–Kier alpha value is 0.0700. The minimum atomic E-state index is 0.482. The summed E-state index contributed by atoms with van der Waals surface area (Å²) < 4.78 is 0. The zero-order valence-electron chi connectivity index (χ0n) is 6.98. The van der Waals surface area contributed by atoms with Crippen LogP contribution in [-0.2, 0) is 0 Å². The van der Waals surface area contributed by atoms with Gasteiger partial charge in [-0.05, 0) is 11.3 Å². The Morgan fingerprint density at radius 2 is 2.33 bits per heavy atom. The van der Waals surface area contributed by atoms with Gasteiger partial charge in [-0.15, -0.1) is 24.0 Å². The van der Waals surface area contributed by atoms with Gasteiger partial charge in [0.15, 0.2) is 0 Å². The van der Waals surface area contributed by atoms with Gasteiger partial charge in [-0.2, -0.15) is 12.6 Å². The second kappa shape index (κ2) is 4.35. The maximum Gasteiger partial charge on any atom is 0.130 e. The molecule has 0 aliphatic rings. The highest BCUT2D eigenvalue weighted by atomic mass is 32.1. The van der Waals surface area contributed by atoms with Gasteiger partial charge in [0.2, 0.25) is 0 Å². The minimum Gasteiger partial charge on any atom is -0.240 e. The molecule has 0 radical (unpaired) electrons. The Morgan fingerprint density at radius 3 is 2.75 bits per heavy atom. The molecule has 4 heteroatoms. The molecule has 0 fully saturated rings. The summed E-state index contributed by atoms with van der Waals surface area (Å²) in [6.07, 6.45) is 0. The fourth-order valence-electron chi connectivity index (χ4n) is 0.724.